The van der Waals surface area contributed by atoms with Gasteiger partial charge in [-0.1, -0.05) is 0 Å². The van der Waals surface area contributed by atoms with E-state index in [1.54, 1.807) is 0 Å². The molecule has 114 valence electrons. The van der Waals surface area contributed by atoms with Gasteiger partial charge in [-0.2, -0.15) is 0 Å². The summed E-state index contributed by atoms with van der Waals surface area (Å²) < 4.78 is 2.14. The van der Waals surface area contributed by atoms with Gasteiger partial charge in [-0.05, 0) is 14.1 Å². The van der Waals surface area contributed by atoms with E-state index in [0.29, 0.717) is 17.1 Å². The second kappa shape index (κ2) is 5.30. The van der Waals surface area contributed by atoms with Gasteiger partial charge in [0.15, 0.2) is 0 Å². The predicted molar refractivity (Wildman–Crippen MR) is 83.5 cm³/mol. The molecule has 21 heavy (non-hydrogen) atoms. The summed E-state index contributed by atoms with van der Waals surface area (Å²) in [5, 5.41) is 0. The number of Topliss-reactive ketones (excluding diaryl/α,β-unsaturated/α-hetero) is 1. The molecule has 0 aromatic rings. The number of nitrogens with zero attached hydrogens (tertiary/aromatic N) is 4. The Bertz CT molecular complexity index is 540. The molecule has 3 saturated heterocycles. The third-order valence-electron chi connectivity index (χ3n) is 3.49. The van der Waals surface area contributed by atoms with Gasteiger partial charge in [0, 0.05) is 45.3 Å². The van der Waals surface area contributed by atoms with Gasteiger partial charge in [-0.15, -0.1) is 0 Å². The monoisotopic (exact) mass is 306 g/mol. The Balaban J connectivity index is 0.000000298. The first-order valence-corrected chi connectivity index (χ1v) is 8.29. The Morgan fingerprint density at radius 2 is 1.33 bits per heavy atom. The van der Waals surface area contributed by atoms with Crippen LogP contribution in [0.5, 0.6) is 0 Å². The van der Waals surface area contributed by atoms with Crippen LogP contribution in [0.2, 0.25) is 0 Å². The van der Waals surface area contributed by atoms with Crippen LogP contribution < -0.4 is 0 Å². The maximum absolute atomic E-state index is 12.4. The second-order valence-electron chi connectivity index (χ2n) is 6.22. The van der Waals surface area contributed by atoms with Crippen LogP contribution >= 0.6 is 0 Å². The highest BCUT2D eigenvalue weighted by molar-refractivity contribution is 6.22. The zero-order valence-corrected chi connectivity index (χ0v) is 14.9. The van der Waals surface area contributed by atoms with E-state index in [1.807, 2.05) is 14.7 Å². The van der Waals surface area contributed by atoms with E-state index < -0.39 is 0 Å². The number of rotatable bonds is 3. The van der Waals surface area contributed by atoms with Crippen molar-refractivity contribution in [3.8, 4) is 0 Å². The standard InChI is InChI=1S/C12H13N3O2.C2H9NSi/c16-9-7-8(13-1-2-13)12(17)11(15-5-6-15)10(9)14-3-4-14;1-3(2)4/h7H,1-6H2;1-2,4H3. The van der Waals surface area contributed by atoms with Crippen molar-refractivity contribution in [2.24, 2.45) is 0 Å². The van der Waals surface area contributed by atoms with E-state index in [1.165, 1.54) is 16.5 Å². The molecule has 0 aromatic heterocycles. The summed E-state index contributed by atoms with van der Waals surface area (Å²) in [4.78, 5) is 30.5. The van der Waals surface area contributed by atoms with Crippen LogP contribution in [0.15, 0.2) is 23.2 Å². The van der Waals surface area contributed by atoms with E-state index in [0.717, 1.165) is 39.3 Å². The number of allylic oxidation sites excluding steroid dienone is 1. The number of ketones is 2. The fourth-order valence-corrected chi connectivity index (χ4v) is 2.28. The number of hydrogen-bond donors (Lipinski definition) is 0. The van der Waals surface area contributed by atoms with Crippen LogP contribution in [0.3, 0.4) is 0 Å². The fraction of sp³-hybridized carbons (Fsp3) is 0.571. The quantitative estimate of drug-likeness (QED) is 0.342. The highest BCUT2D eigenvalue weighted by atomic mass is 28.2. The zero-order chi connectivity index (χ0) is 15.1. The van der Waals surface area contributed by atoms with Crippen molar-refractivity contribution < 1.29 is 9.59 Å². The second-order valence-corrected chi connectivity index (χ2v) is 8.01. The molecule has 0 bridgehead atoms. The lowest BCUT2D eigenvalue weighted by molar-refractivity contribution is -0.117. The molecule has 0 saturated carbocycles. The van der Waals surface area contributed by atoms with Gasteiger partial charge in [0.25, 0.3) is 0 Å². The molecule has 3 aliphatic heterocycles. The smallest absolute Gasteiger partial charge is 0.227 e. The average molecular weight is 306 g/mol. The first-order valence-electron chi connectivity index (χ1n) is 7.40. The largest absolute Gasteiger partial charge is 0.365 e. The Labute approximate surface area is 128 Å². The lowest BCUT2D eigenvalue weighted by Gasteiger charge is -2.21. The first-order chi connectivity index (χ1) is 9.99. The molecule has 0 unspecified atom stereocenters. The van der Waals surface area contributed by atoms with Crippen molar-refractivity contribution in [1.82, 2.24) is 19.3 Å². The minimum absolute atomic E-state index is 0.00546. The molecular formula is C14H22N4O2Si. The van der Waals surface area contributed by atoms with Crippen molar-refractivity contribution in [1.29, 1.82) is 0 Å². The molecule has 1 aliphatic carbocycles. The molecule has 4 aliphatic rings. The van der Waals surface area contributed by atoms with E-state index in [2.05, 4.69) is 18.7 Å². The Morgan fingerprint density at radius 1 is 0.905 bits per heavy atom. The summed E-state index contributed by atoms with van der Waals surface area (Å²) in [5.41, 5.74) is 1.89. The van der Waals surface area contributed by atoms with Gasteiger partial charge in [0.2, 0.25) is 11.6 Å². The first kappa shape index (κ1) is 14.3. The Morgan fingerprint density at radius 3 is 1.76 bits per heavy atom. The van der Waals surface area contributed by atoms with Crippen molar-refractivity contribution in [2.45, 2.75) is 0 Å². The predicted octanol–water partition coefficient (Wildman–Crippen LogP) is -1.99. The van der Waals surface area contributed by atoms with Gasteiger partial charge < -0.3 is 19.3 Å². The van der Waals surface area contributed by atoms with E-state index >= 15 is 0 Å². The Hall–Kier alpha value is -1.60. The third kappa shape index (κ3) is 3.19. The van der Waals surface area contributed by atoms with Crippen LogP contribution in [0.25, 0.3) is 0 Å². The summed E-state index contributed by atoms with van der Waals surface area (Å²) in [6, 6.07) is 0. The van der Waals surface area contributed by atoms with Crippen LogP contribution in [0, 0.1) is 0 Å². The molecule has 7 heteroatoms. The number of carbonyl (C=O) groups is 2. The molecule has 0 spiro atoms. The molecule has 0 aromatic carbocycles. The van der Waals surface area contributed by atoms with Crippen molar-refractivity contribution in [2.75, 3.05) is 53.4 Å². The molecule has 6 nitrogen and oxygen atoms in total. The van der Waals surface area contributed by atoms with E-state index in [4.69, 9.17) is 0 Å². The summed E-state index contributed by atoms with van der Waals surface area (Å²) in [5.74, 6) is 0.0485. The summed E-state index contributed by atoms with van der Waals surface area (Å²) >= 11 is 0. The summed E-state index contributed by atoms with van der Waals surface area (Å²) in [7, 11) is 5.31. The molecule has 3 fully saturated rings. The van der Waals surface area contributed by atoms with Crippen molar-refractivity contribution in [3.63, 3.8) is 0 Å². The molecule has 4 rings (SSSR count). The highest BCUT2D eigenvalue weighted by Gasteiger charge is 2.43. The maximum Gasteiger partial charge on any atom is 0.227 e. The van der Waals surface area contributed by atoms with Gasteiger partial charge in [-0.25, -0.2) is 0 Å². The molecule has 0 radical (unpaired) electrons. The van der Waals surface area contributed by atoms with Crippen LogP contribution in [-0.2, 0) is 9.59 Å². The van der Waals surface area contributed by atoms with Gasteiger partial charge in [0.1, 0.15) is 11.4 Å². The van der Waals surface area contributed by atoms with E-state index in [-0.39, 0.29) is 11.6 Å². The van der Waals surface area contributed by atoms with Crippen LogP contribution in [0.1, 0.15) is 0 Å². The number of carbonyl (C=O) groups excluding carboxylic acids is 2. The lowest BCUT2D eigenvalue weighted by atomic mass is 10.0. The SMILES string of the molecule is CN(C)[SiH3].O=C1C=C(N2CC2)C(=O)C(N2CC2)=C1N1CC1. The van der Waals surface area contributed by atoms with Crippen LogP contribution in [0.4, 0.5) is 0 Å². The van der Waals surface area contributed by atoms with Gasteiger partial charge >= 0.3 is 0 Å². The van der Waals surface area contributed by atoms with Crippen LogP contribution in [-0.4, -0.2) is 94.6 Å². The normalized spacial score (nSPS) is 23.4. The van der Waals surface area contributed by atoms with Gasteiger partial charge in [-0.3, -0.25) is 9.59 Å². The maximum atomic E-state index is 12.4. The highest BCUT2D eigenvalue weighted by Crippen LogP contribution is 2.33. The van der Waals surface area contributed by atoms with Crippen molar-refractivity contribution >= 4 is 22.0 Å². The fourth-order valence-electron chi connectivity index (χ4n) is 2.28. The number of hydrogen-bond acceptors (Lipinski definition) is 6. The van der Waals surface area contributed by atoms with Gasteiger partial charge in [0.05, 0.1) is 16.1 Å². The van der Waals surface area contributed by atoms with Crippen molar-refractivity contribution in [3.05, 3.63) is 23.2 Å². The minimum Gasteiger partial charge on any atom is -0.365 e. The third-order valence-corrected chi connectivity index (χ3v) is 3.49. The molecular weight excluding hydrogens is 284 g/mol. The molecule has 0 atom stereocenters. The zero-order valence-electron chi connectivity index (χ0n) is 12.9. The molecule has 3 heterocycles. The summed E-state index contributed by atoms with van der Waals surface area (Å²) in [6.07, 6.45) is 1.52. The van der Waals surface area contributed by atoms with E-state index in [9.17, 15) is 9.59 Å². The molecule has 0 N–H and O–H groups in total. The Kier molecular flexibility index (Phi) is 3.62. The topological polar surface area (TPSA) is 46.4 Å². The minimum atomic E-state index is 0.00546. The lowest BCUT2D eigenvalue weighted by Crippen LogP contribution is -2.29. The summed E-state index contributed by atoms with van der Waals surface area (Å²) in [6.45, 7) is 5.41. The molecule has 0 amide bonds. The average Bonchev–Trinajstić information content (AvgIpc) is 3.26.